The van der Waals surface area contributed by atoms with Gasteiger partial charge in [-0.3, -0.25) is 0 Å². The van der Waals surface area contributed by atoms with Crippen molar-refractivity contribution in [2.75, 3.05) is 0 Å². The van der Waals surface area contributed by atoms with Gasteiger partial charge in [-0.1, -0.05) is 18.3 Å². The van der Waals surface area contributed by atoms with Crippen molar-refractivity contribution < 1.29 is 0 Å². The van der Waals surface area contributed by atoms with Crippen LogP contribution in [0.2, 0.25) is 0 Å². The Hall–Kier alpha value is -0.0200. The molecule has 0 saturated carbocycles. The molecule has 0 aromatic rings. The molecule has 0 spiro atoms. The third-order valence-corrected chi connectivity index (χ3v) is 0.620. The Balaban J connectivity index is 3.14. The van der Waals surface area contributed by atoms with E-state index in [1.807, 2.05) is 13.0 Å². The molecule has 0 bridgehead atoms. The molecule has 0 atom stereocenters. The second-order valence-electron chi connectivity index (χ2n) is 0.949. The molecule has 0 rings (SSSR count). The Morgan fingerprint density at radius 3 is 2.57 bits per heavy atom. The van der Waals surface area contributed by atoms with Gasteiger partial charge >= 0.3 is 0 Å². The van der Waals surface area contributed by atoms with E-state index in [2.05, 4.69) is 30.2 Å². The van der Waals surface area contributed by atoms with E-state index in [0.717, 1.165) is 0 Å². The van der Waals surface area contributed by atoms with Gasteiger partial charge in [-0.25, -0.2) is 0 Å². The summed E-state index contributed by atoms with van der Waals surface area (Å²) < 4.78 is 0.498. The molecule has 0 aromatic heterocycles. The molecule has 0 amide bonds. The molecule has 0 unspecified atom stereocenters. The molecule has 0 aliphatic carbocycles. The van der Waals surface area contributed by atoms with Crippen LogP contribution in [0.4, 0.5) is 0 Å². The SMILES string of the molecule is CC=CNC(=S)S. The molecule has 40 valence electrons. The van der Waals surface area contributed by atoms with Crippen LogP contribution in [0, 0.1) is 0 Å². The predicted molar refractivity (Wildman–Crippen MR) is 39.5 cm³/mol. The molecule has 0 fully saturated rings. The van der Waals surface area contributed by atoms with Gasteiger partial charge in [0, 0.05) is 0 Å². The van der Waals surface area contributed by atoms with Gasteiger partial charge in [0.05, 0.1) is 0 Å². The highest BCUT2D eigenvalue weighted by molar-refractivity contribution is 8.11. The fourth-order valence-electron chi connectivity index (χ4n) is 0.155. The maximum Gasteiger partial charge on any atom is 0.134 e. The summed E-state index contributed by atoms with van der Waals surface area (Å²) in [6.45, 7) is 1.90. The minimum atomic E-state index is 0.498. The first-order valence-electron chi connectivity index (χ1n) is 1.88. The van der Waals surface area contributed by atoms with E-state index in [1.165, 1.54) is 0 Å². The van der Waals surface area contributed by atoms with Crippen molar-refractivity contribution >= 4 is 29.2 Å². The Kier molecular flexibility index (Phi) is 4.14. The number of thiol groups is 1. The molecular weight excluding hydrogens is 126 g/mol. The molecule has 0 aromatic carbocycles. The first kappa shape index (κ1) is 6.98. The Labute approximate surface area is 54.2 Å². The van der Waals surface area contributed by atoms with E-state index in [9.17, 15) is 0 Å². The smallest absolute Gasteiger partial charge is 0.134 e. The number of nitrogens with one attached hydrogen (secondary N) is 1. The van der Waals surface area contributed by atoms with Crippen molar-refractivity contribution in [2.45, 2.75) is 6.92 Å². The topological polar surface area (TPSA) is 12.0 Å². The largest absolute Gasteiger partial charge is 0.348 e. The molecule has 1 nitrogen and oxygen atoms in total. The molecule has 7 heavy (non-hydrogen) atoms. The summed E-state index contributed by atoms with van der Waals surface area (Å²) in [5.41, 5.74) is 0. The molecule has 0 aliphatic rings. The minimum Gasteiger partial charge on any atom is -0.348 e. The third kappa shape index (κ3) is 5.98. The lowest BCUT2D eigenvalue weighted by Gasteiger charge is -1.88. The van der Waals surface area contributed by atoms with Gasteiger partial charge in [-0.2, -0.15) is 0 Å². The standard InChI is InChI=1S/C4H7NS2/c1-2-3-5-4(6)7/h2-3H,1H3,(H2,5,6,7). The van der Waals surface area contributed by atoms with Crippen LogP contribution in [0.15, 0.2) is 12.3 Å². The molecule has 3 heteroatoms. The first-order valence-corrected chi connectivity index (χ1v) is 2.73. The lowest BCUT2D eigenvalue weighted by molar-refractivity contribution is 1.33. The van der Waals surface area contributed by atoms with Crippen LogP contribution in [-0.4, -0.2) is 4.32 Å². The molecule has 0 aliphatic heterocycles. The van der Waals surface area contributed by atoms with Crippen molar-refractivity contribution in [3.05, 3.63) is 12.3 Å². The van der Waals surface area contributed by atoms with Crippen molar-refractivity contribution in [3.8, 4) is 0 Å². The van der Waals surface area contributed by atoms with Crippen molar-refractivity contribution in [1.29, 1.82) is 0 Å². The Bertz CT molecular complexity index is 87.7. The van der Waals surface area contributed by atoms with Crippen LogP contribution in [0.3, 0.4) is 0 Å². The van der Waals surface area contributed by atoms with Crippen molar-refractivity contribution in [1.82, 2.24) is 5.32 Å². The summed E-state index contributed by atoms with van der Waals surface area (Å²) in [4.78, 5) is 0. The zero-order valence-electron chi connectivity index (χ0n) is 4.01. The Morgan fingerprint density at radius 1 is 1.86 bits per heavy atom. The molecule has 0 heterocycles. The average molecular weight is 133 g/mol. The number of rotatable bonds is 1. The highest BCUT2D eigenvalue weighted by Gasteiger charge is 1.73. The van der Waals surface area contributed by atoms with E-state index in [1.54, 1.807) is 6.20 Å². The summed E-state index contributed by atoms with van der Waals surface area (Å²) in [7, 11) is 0. The van der Waals surface area contributed by atoms with Crippen LogP contribution in [0.25, 0.3) is 0 Å². The van der Waals surface area contributed by atoms with Gasteiger partial charge < -0.3 is 5.32 Å². The van der Waals surface area contributed by atoms with Crippen LogP contribution < -0.4 is 5.32 Å². The third-order valence-electron chi connectivity index (χ3n) is 0.373. The van der Waals surface area contributed by atoms with Gasteiger partial charge in [0.2, 0.25) is 0 Å². The second-order valence-corrected chi connectivity index (χ2v) is 2.11. The molecule has 0 saturated heterocycles. The van der Waals surface area contributed by atoms with Crippen molar-refractivity contribution in [3.63, 3.8) is 0 Å². The number of hydrogen-bond donors (Lipinski definition) is 2. The fourth-order valence-corrected chi connectivity index (χ4v) is 0.297. The van der Waals surface area contributed by atoms with Crippen LogP contribution in [0.5, 0.6) is 0 Å². The molecular formula is C4H7NS2. The molecule has 1 N–H and O–H groups in total. The van der Waals surface area contributed by atoms with E-state index < -0.39 is 0 Å². The van der Waals surface area contributed by atoms with Gasteiger partial charge in [-0.05, 0) is 13.1 Å². The predicted octanol–water partition coefficient (Wildman–Crippen LogP) is 1.32. The lowest BCUT2D eigenvalue weighted by atomic mass is 10.7. The summed E-state index contributed by atoms with van der Waals surface area (Å²) in [5, 5.41) is 2.71. The van der Waals surface area contributed by atoms with Crippen LogP contribution in [0.1, 0.15) is 6.92 Å². The number of thiocarbonyl (C=S) groups is 1. The van der Waals surface area contributed by atoms with Crippen LogP contribution in [-0.2, 0) is 0 Å². The fraction of sp³-hybridized carbons (Fsp3) is 0.250. The zero-order chi connectivity index (χ0) is 5.70. The Morgan fingerprint density at radius 2 is 2.43 bits per heavy atom. The number of hydrogen-bond acceptors (Lipinski definition) is 1. The summed E-state index contributed by atoms with van der Waals surface area (Å²) in [6, 6.07) is 0. The maximum atomic E-state index is 4.56. The summed E-state index contributed by atoms with van der Waals surface area (Å²) in [5.74, 6) is 0. The van der Waals surface area contributed by atoms with Crippen molar-refractivity contribution in [2.24, 2.45) is 0 Å². The van der Waals surface area contributed by atoms with Gasteiger partial charge in [0.1, 0.15) is 4.32 Å². The van der Waals surface area contributed by atoms with E-state index in [4.69, 9.17) is 0 Å². The first-order chi connectivity index (χ1) is 3.27. The second kappa shape index (κ2) is 4.15. The van der Waals surface area contributed by atoms with Gasteiger partial charge in [0.15, 0.2) is 0 Å². The molecule has 0 radical (unpaired) electrons. The average Bonchev–Trinajstić information content (AvgIpc) is 1.61. The highest BCUT2D eigenvalue weighted by Crippen LogP contribution is 1.75. The maximum absolute atomic E-state index is 4.56. The quantitative estimate of drug-likeness (QED) is 0.413. The summed E-state index contributed by atoms with van der Waals surface area (Å²) in [6.07, 6.45) is 3.58. The van der Waals surface area contributed by atoms with Crippen LogP contribution >= 0.6 is 24.8 Å². The zero-order valence-corrected chi connectivity index (χ0v) is 5.72. The van der Waals surface area contributed by atoms with E-state index in [-0.39, 0.29) is 0 Å². The summed E-state index contributed by atoms with van der Waals surface area (Å²) >= 11 is 8.36. The highest BCUT2D eigenvalue weighted by atomic mass is 32.1. The minimum absolute atomic E-state index is 0.498. The number of allylic oxidation sites excluding steroid dienone is 1. The van der Waals surface area contributed by atoms with Gasteiger partial charge in [-0.15, -0.1) is 12.6 Å². The van der Waals surface area contributed by atoms with Gasteiger partial charge in [0.25, 0.3) is 0 Å². The normalized spacial score (nSPS) is 9.43. The van der Waals surface area contributed by atoms with E-state index in [0.29, 0.717) is 4.32 Å². The van der Waals surface area contributed by atoms with E-state index >= 15 is 0 Å². The lowest BCUT2D eigenvalue weighted by Crippen LogP contribution is -2.05. The monoisotopic (exact) mass is 133 g/mol.